The van der Waals surface area contributed by atoms with E-state index >= 15 is 0 Å². The minimum atomic E-state index is -1.87. The monoisotopic (exact) mass is 246 g/mol. The van der Waals surface area contributed by atoms with Crippen molar-refractivity contribution >= 4 is 24.2 Å². The number of hydrogen-bond acceptors (Lipinski definition) is 3. The van der Waals surface area contributed by atoms with Gasteiger partial charge in [-0.3, -0.25) is 0 Å². The van der Waals surface area contributed by atoms with Crippen LogP contribution in [0.2, 0.25) is 5.02 Å². The highest BCUT2D eigenvalue weighted by molar-refractivity contribution is 6.58. The third-order valence-electron chi connectivity index (χ3n) is 2.10. The lowest BCUT2D eigenvalue weighted by Gasteiger charge is -2.11. The van der Waals surface area contributed by atoms with E-state index in [1.54, 1.807) is 0 Å². The Balaban J connectivity index is 2.92. The van der Waals surface area contributed by atoms with Crippen LogP contribution < -0.4 is 10.2 Å². The van der Waals surface area contributed by atoms with Crippen LogP contribution in [0.15, 0.2) is 12.1 Å². The van der Waals surface area contributed by atoms with Crippen molar-refractivity contribution in [2.45, 2.75) is 19.8 Å². The molecule has 0 unspecified atom stereocenters. The number of halogens is 2. The van der Waals surface area contributed by atoms with Gasteiger partial charge in [0.2, 0.25) is 0 Å². The Bertz CT molecular complexity index is 360. The number of ether oxygens (including phenoxy) is 1. The van der Waals surface area contributed by atoms with E-state index in [0.29, 0.717) is 6.61 Å². The van der Waals surface area contributed by atoms with Crippen molar-refractivity contribution in [3.8, 4) is 5.75 Å². The van der Waals surface area contributed by atoms with Crippen LogP contribution >= 0.6 is 11.6 Å². The van der Waals surface area contributed by atoms with E-state index in [9.17, 15) is 4.39 Å². The first kappa shape index (κ1) is 13.3. The Morgan fingerprint density at radius 2 is 2.12 bits per heavy atom. The summed E-state index contributed by atoms with van der Waals surface area (Å²) in [5.74, 6) is -0.945. The lowest BCUT2D eigenvalue weighted by molar-refractivity contribution is 0.294. The van der Waals surface area contributed by atoms with Gasteiger partial charge in [0.1, 0.15) is 0 Å². The zero-order chi connectivity index (χ0) is 12.1. The quantitative estimate of drug-likeness (QED) is 0.609. The lowest BCUT2D eigenvalue weighted by atomic mass is 9.80. The third-order valence-corrected chi connectivity index (χ3v) is 2.40. The molecule has 0 aliphatic heterocycles. The van der Waals surface area contributed by atoms with Crippen molar-refractivity contribution in [1.82, 2.24) is 0 Å². The Morgan fingerprint density at radius 3 is 2.69 bits per heavy atom. The molecule has 0 spiro atoms. The fourth-order valence-electron chi connectivity index (χ4n) is 1.20. The molecule has 2 N–H and O–H groups in total. The molecule has 0 fully saturated rings. The van der Waals surface area contributed by atoms with E-state index in [1.807, 2.05) is 6.92 Å². The minimum absolute atomic E-state index is 0.123. The molecule has 1 aromatic carbocycles. The van der Waals surface area contributed by atoms with E-state index in [-0.39, 0.29) is 16.2 Å². The predicted molar refractivity (Wildman–Crippen MR) is 61.6 cm³/mol. The van der Waals surface area contributed by atoms with Crippen LogP contribution in [0.25, 0.3) is 0 Å². The van der Waals surface area contributed by atoms with E-state index in [1.165, 1.54) is 12.1 Å². The summed E-state index contributed by atoms with van der Waals surface area (Å²) in [6.45, 7) is 2.33. The van der Waals surface area contributed by atoms with Gasteiger partial charge in [-0.25, -0.2) is 4.39 Å². The van der Waals surface area contributed by atoms with Gasteiger partial charge in [0.05, 0.1) is 11.6 Å². The Morgan fingerprint density at radius 1 is 1.44 bits per heavy atom. The first-order chi connectivity index (χ1) is 7.57. The van der Waals surface area contributed by atoms with E-state index in [2.05, 4.69) is 0 Å². The van der Waals surface area contributed by atoms with Gasteiger partial charge in [-0.1, -0.05) is 31.0 Å². The molecule has 1 aromatic rings. The summed E-state index contributed by atoms with van der Waals surface area (Å²) in [4.78, 5) is 0. The maximum Gasteiger partial charge on any atom is 0.491 e. The second-order valence-electron chi connectivity index (χ2n) is 3.36. The summed E-state index contributed by atoms with van der Waals surface area (Å²) in [7, 11) is -1.87. The van der Waals surface area contributed by atoms with Crippen molar-refractivity contribution in [2.75, 3.05) is 6.61 Å². The van der Waals surface area contributed by atoms with Gasteiger partial charge in [0.15, 0.2) is 11.6 Å². The van der Waals surface area contributed by atoms with Crippen LogP contribution in [-0.4, -0.2) is 23.8 Å². The maximum atomic E-state index is 13.7. The average molecular weight is 246 g/mol. The fraction of sp³-hybridized carbons (Fsp3) is 0.400. The van der Waals surface area contributed by atoms with Gasteiger partial charge in [-0.2, -0.15) is 0 Å². The summed E-state index contributed by atoms with van der Waals surface area (Å²) >= 11 is 5.76. The van der Waals surface area contributed by atoms with Crippen LogP contribution in [0.1, 0.15) is 19.8 Å². The predicted octanol–water partition coefficient (Wildman–Crippen LogP) is 1.34. The van der Waals surface area contributed by atoms with Crippen LogP contribution in [0.3, 0.4) is 0 Å². The SMILES string of the molecule is CCCCOc1c(Cl)ccc(B(O)O)c1F. The second kappa shape index (κ2) is 6.08. The first-order valence-electron chi connectivity index (χ1n) is 5.04. The second-order valence-corrected chi connectivity index (χ2v) is 3.76. The Kier molecular flexibility index (Phi) is 5.05. The molecule has 0 bridgehead atoms. The smallest absolute Gasteiger partial charge is 0.489 e. The average Bonchev–Trinajstić information content (AvgIpc) is 2.22. The van der Waals surface area contributed by atoms with Gasteiger partial charge >= 0.3 is 7.12 Å². The maximum absolute atomic E-state index is 13.7. The first-order valence-corrected chi connectivity index (χ1v) is 5.42. The summed E-state index contributed by atoms with van der Waals surface area (Å²) in [5, 5.41) is 17.9. The van der Waals surface area contributed by atoms with Gasteiger partial charge in [-0.15, -0.1) is 0 Å². The minimum Gasteiger partial charge on any atom is -0.489 e. The molecule has 0 amide bonds. The number of rotatable bonds is 5. The van der Waals surface area contributed by atoms with Crippen LogP contribution in [0.5, 0.6) is 5.75 Å². The molecular formula is C10H13BClFO3. The largest absolute Gasteiger partial charge is 0.491 e. The van der Waals surface area contributed by atoms with Crippen molar-refractivity contribution in [3.05, 3.63) is 23.0 Å². The lowest BCUT2D eigenvalue weighted by Crippen LogP contribution is -2.33. The third kappa shape index (κ3) is 3.11. The fourth-order valence-corrected chi connectivity index (χ4v) is 1.40. The van der Waals surface area contributed by atoms with Crippen molar-refractivity contribution < 1.29 is 19.2 Å². The molecule has 0 aliphatic carbocycles. The normalized spacial score (nSPS) is 10.3. The zero-order valence-electron chi connectivity index (χ0n) is 8.91. The summed E-state index contributed by atoms with van der Waals surface area (Å²) in [6.07, 6.45) is 1.70. The van der Waals surface area contributed by atoms with Gasteiger partial charge < -0.3 is 14.8 Å². The Labute approximate surface area is 99.0 Å². The van der Waals surface area contributed by atoms with Gasteiger partial charge in [0, 0.05) is 5.46 Å². The molecule has 1 rings (SSSR count). The van der Waals surface area contributed by atoms with Crippen LogP contribution in [0, 0.1) is 5.82 Å². The summed E-state index contributed by atoms with van der Waals surface area (Å²) in [6, 6.07) is 2.59. The van der Waals surface area contributed by atoms with E-state index in [0.717, 1.165) is 12.8 Å². The molecule has 3 nitrogen and oxygen atoms in total. The molecule has 0 aromatic heterocycles. The Hall–Kier alpha value is -0.775. The van der Waals surface area contributed by atoms with Crippen molar-refractivity contribution in [1.29, 1.82) is 0 Å². The van der Waals surface area contributed by atoms with Crippen molar-refractivity contribution in [3.63, 3.8) is 0 Å². The number of unbranched alkanes of at least 4 members (excludes halogenated alkanes) is 1. The molecule has 0 radical (unpaired) electrons. The van der Waals surface area contributed by atoms with Crippen LogP contribution in [0.4, 0.5) is 4.39 Å². The number of benzene rings is 1. The molecule has 0 atom stereocenters. The molecule has 88 valence electrons. The highest BCUT2D eigenvalue weighted by atomic mass is 35.5. The molecule has 0 saturated heterocycles. The molecule has 6 heteroatoms. The molecule has 16 heavy (non-hydrogen) atoms. The molecular weight excluding hydrogens is 233 g/mol. The summed E-state index contributed by atoms with van der Waals surface area (Å²) in [5.41, 5.74) is -0.240. The highest BCUT2D eigenvalue weighted by Gasteiger charge is 2.21. The van der Waals surface area contributed by atoms with E-state index < -0.39 is 12.9 Å². The zero-order valence-corrected chi connectivity index (χ0v) is 9.67. The van der Waals surface area contributed by atoms with Crippen LogP contribution in [-0.2, 0) is 0 Å². The molecule has 0 heterocycles. The molecule has 0 aliphatic rings. The number of hydrogen-bond donors (Lipinski definition) is 2. The highest BCUT2D eigenvalue weighted by Crippen LogP contribution is 2.26. The standard InChI is InChI=1S/C10H13BClFO3/c1-2-3-6-16-10-8(12)5-4-7(9(10)13)11(14)15/h4-5,14-15H,2-3,6H2,1H3. The topological polar surface area (TPSA) is 49.7 Å². The van der Waals surface area contributed by atoms with Gasteiger partial charge in [-0.05, 0) is 12.5 Å². The molecule has 0 saturated carbocycles. The van der Waals surface area contributed by atoms with Crippen molar-refractivity contribution in [2.24, 2.45) is 0 Å². The van der Waals surface area contributed by atoms with E-state index in [4.69, 9.17) is 26.4 Å². The summed E-state index contributed by atoms with van der Waals surface area (Å²) < 4.78 is 18.9. The van der Waals surface area contributed by atoms with Gasteiger partial charge in [0.25, 0.3) is 0 Å².